The Labute approximate surface area is 246 Å². The highest BCUT2D eigenvalue weighted by atomic mass is 35.5. The first-order valence-electron chi connectivity index (χ1n) is 11.3. The predicted octanol–water partition coefficient (Wildman–Crippen LogP) is 5.36. The maximum absolute atomic E-state index is 12.8. The number of benzene rings is 3. The van der Waals surface area contributed by atoms with Crippen LogP contribution in [0.25, 0.3) is 0 Å². The van der Waals surface area contributed by atoms with Gasteiger partial charge >= 0.3 is 11.9 Å². The topological polar surface area (TPSA) is 124 Å². The van der Waals surface area contributed by atoms with Gasteiger partial charge < -0.3 is 9.47 Å². The first-order chi connectivity index (χ1) is 19.0. The highest BCUT2D eigenvalue weighted by Crippen LogP contribution is 2.26. The average Bonchev–Trinajstić information content (AvgIpc) is 3.17. The van der Waals surface area contributed by atoms with Crippen molar-refractivity contribution in [3.05, 3.63) is 103 Å². The molecule has 0 aliphatic carbocycles. The van der Waals surface area contributed by atoms with Crippen molar-refractivity contribution < 1.29 is 38.2 Å². The van der Waals surface area contributed by atoms with E-state index in [1.54, 1.807) is 0 Å². The zero-order valence-electron chi connectivity index (χ0n) is 20.0. The van der Waals surface area contributed by atoms with Crippen molar-refractivity contribution in [3.8, 4) is 0 Å². The molecular formula is C27H15Cl4NO8. The number of ether oxygens (including phenoxy) is 2. The predicted molar refractivity (Wildman–Crippen MR) is 145 cm³/mol. The summed E-state index contributed by atoms with van der Waals surface area (Å²) in [7, 11) is 0. The number of carbonyl (C=O) groups is 6. The first-order valence-corrected chi connectivity index (χ1v) is 12.8. The molecule has 3 aromatic carbocycles. The Morgan fingerprint density at radius 1 is 0.600 bits per heavy atom. The Morgan fingerprint density at radius 2 is 1.10 bits per heavy atom. The summed E-state index contributed by atoms with van der Waals surface area (Å²) in [5.74, 6) is -4.69. The van der Waals surface area contributed by atoms with Crippen LogP contribution in [-0.4, -0.2) is 60.0 Å². The van der Waals surface area contributed by atoms with Crippen LogP contribution in [0, 0.1) is 0 Å². The molecule has 13 heteroatoms. The summed E-state index contributed by atoms with van der Waals surface area (Å²) in [6.07, 6.45) is 0. The SMILES string of the molecule is O=C(CN1C(=O)c2ccc(C(=O)OCC(=O)c3ccc(Cl)c(Cl)c3)cc2C1=O)OCC(=O)c1ccc(Cl)c(Cl)c1. The molecule has 1 aliphatic heterocycles. The number of nitrogens with zero attached hydrogens (tertiary/aromatic N) is 1. The third-order valence-corrected chi connectivity index (χ3v) is 7.15. The highest BCUT2D eigenvalue weighted by molar-refractivity contribution is 6.42. The number of hydrogen-bond donors (Lipinski definition) is 0. The van der Waals surface area contributed by atoms with E-state index in [0.29, 0.717) is 4.90 Å². The number of halogens is 4. The molecule has 3 aromatic rings. The summed E-state index contributed by atoms with van der Waals surface area (Å²) in [4.78, 5) is 75.5. The van der Waals surface area contributed by atoms with Gasteiger partial charge in [-0.2, -0.15) is 0 Å². The van der Waals surface area contributed by atoms with Crippen molar-refractivity contribution in [3.63, 3.8) is 0 Å². The van der Waals surface area contributed by atoms with Gasteiger partial charge in [-0.15, -0.1) is 0 Å². The van der Waals surface area contributed by atoms with E-state index in [1.165, 1.54) is 48.5 Å². The van der Waals surface area contributed by atoms with Crippen molar-refractivity contribution in [1.29, 1.82) is 0 Å². The summed E-state index contributed by atoms with van der Waals surface area (Å²) in [6, 6.07) is 11.9. The first kappa shape index (κ1) is 29.2. The lowest BCUT2D eigenvalue weighted by atomic mass is 10.1. The standard InChI is InChI=1S/C27H15Cl4NO8/c28-18-5-2-13(8-20(18)30)22(33)11-39-24(35)10-32-25(36)16-4-1-15(7-17(16)26(32)37)27(38)40-12-23(34)14-3-6-19(29)21(31)9-14/h1-9H,10-12H2. The third kappa shape index (κ3) is 6.34. The van der Waals surface area contributed by atoms with Crippen molar-refractivity contribution >= 4 is 81.7 Å². The molecule has 40 heavy (non-hydrogen) atoms. The van der Waals surface area contributed by atoms with Crippen molar-refractivity contribution in [2.75, 3.05) is 19.8 Å². The van der Waals surface area contributed by atoms with Gasteiger partial charge in [0.1, 0.15) is 6.54 Å². The molecule has 204 valence electrons. The van der Waals surface area contributed by atoms with Crippen LogP contribution in [0.5, 0.6) is 0 Å². The second kappa shape index (κ2) is 12.2. The molecular weight excluding hydrogens is 608 g/mol. The Hall–Kier alpha value is -3.76. The minimum absolute atomic E-state index is 0.0480. The lowest BCUT2D eigenvalue weighted by molar-refractivity contribution is -0.142. The van der Waals surface area contributed by atoms with Gasteiger partial charge in [0.25, 0.3) is 11.8 Å². The van der Waals surface area contributed by atoms with Gasteiger partial charge in [-0.3, -0.25) is 28.9 Å². The van der Waals surface area contributed by atoms with Gasteiger partial charge in [0.2, 0.25) is 0 Å². The lowest BCUT2D eigenvalue weighted by Gasteiger charge is -2.12. The van der Waals surface area contributed by atoms with E-state index in [2.05, 4.69) is 0 Å². The van der Waals surface area contributed by atoms with E-state index in [4.69, 9.17) is 55.9 Å². The Kier molecular flexibility index (Phi) is 8.90. The van der Waals surface area contributed by atoms with Crippen molar-refractivity contribution in [2.45, 2.75) is 0 Å². The molecule has 0 radical (unpaired) electrons. The maximum atomic E-state index is 12.8. The molecule has 0 bridgehead atoms. The summed E-state index contributed by atoms with van der Waals surface area (Å²) < 4.78 is 9.96. The van der Waals surface area contributed by atoms with E-state index in [-0.39, 0.29) is 47.9 Å². The number of esters is 2. The number of hydrogen-bond acceptors (Lipinski definition) is 8. The van der Waals surface area contributed by atoms with Gasteiger partial charge in [-0.1, -0.05) is 46.4 Å². The second-order valence-corrected chi connectivity index (χ2v) is 9.93. The van der Waals surface area contributed by atoms with E-state index < -0.39 is 55.1 Å². The summed E-state index contributed by atoms with van der Waals surface area (Å²) >= 11 is 23.4. The molecule has 0 saturated carbocycles. The van der Waals surface area contributed by atoms with Crippen LogP contribution in [0.1, 0.15) is 51.8 Å². The monoisotopic (exact) mass is 621 g/mol. The highest BCUT2D eigenvalue weighted by Gasteiger charge is 2.37. The summed E-state index contributed by atoms with van der Waals surface area (Å²) in [5.41, 5.74) is 0.0423. The summed E-state index contributed by atoms with van der Waals surface area (Å²) in [5, 5.41) is 0.805. The second-order valence-electron chi connectivity index (χ2n) is 8.30. The molecule has 0 unspecified atom stereocenters. The normalized spacial score (nSPS) is 12.2. The minimum Gasteiger partial charge on any atom is -0.456 e. The van der Waals surface area contributed by atoms with Crippen LogP contribution in [0.3, 0.4) is 0 Å². The van der Waals surface area contributed by atoms with Gasteiger partial charge in [0, 0.05) is 11.1 Å². The molecule has 4 rings (SSSR count). The zero-order valence-corrected chi connectivity index (χ0v) is 23.1. The number of amides is 2. The van der Waals surface area contributed by atoms with Crippen LogP contribution in [-0.2, 0) is 14.3 Å². The van der Waals surface area contributed by atoms with Gasteiger partial charge in [-0.05, 0) is 54.6 Å². The smallest absolute Gasteiger partial charge is 0.338 e. The maximum Gasteiger partial charge on any atom is 0.338 e. The third-order valence-electron chi connectivity index (χ3n) is 5.68. The molecule has 0 spiro atoms. The fourth-order valence-corrected chi connectivity index (χ4v) is 4.20. The van der Waals surface area contributed by atoms with Gasteiger partial charge in [0.15, 0.2) is 24.8 Å². The molecule has 2 amide bonds. The number of carbonyl (C=O) groups excluding carboxylic acids is 6. The molecule has 0 atom stereocenters. The molecule has 1 heterocycles. The van der Waals surface area contributed by atoms with Crippen molar-refractivity contribution in [1.82, 2.24) is 4.90 Å². The fraction of sp³-hybridized carbons (Fsp3) is 0.111. The van der Waals surface area contributed by atoms with Crippen LogP contribution in [0.15, 0.2) is 54.6 Å². The lowest BCUT2D eigenvalue weighted by Crippen LogP contribution is -2.36. The van der Waals surface area contributed by atoms with Crippen LogP contribution in [0.2, 0.25) is 20.1 Å². The van der Waals surface area contributed by atoms with Crippen LogP contribution >= 0.6 is 46.4 Å². The van der Waals surface area contributed by atoms with Gasteiger partial charge in [-0.25, -0.2) is 4.79 Å². The molecule has 1 aliphatic rings. The largest absolute Gasteiger partial charge is 0.456 e. The molecule has 0 aromatic heterocycles. The van der Waals surface area contributed by atoms with Crippen LogP contribution in [0.4, 0.5) is 0 Å². The fourth-order valence-electron chi connectivity index (χ4n) is 3.60. The van der Waals surface area contributed by atoms with Crippen molar-refractivity contribution in [2.24, 2.45) is 0 Å². The van der Waals surface area contributed by atoms with E-state index in [0.717, 1.165) is 6.07 Å². The van der Waals surface area contributed by atoms with E-state index in [9.17, 15) is 28.8 Å². The molecule has 0 saturated heterocycles. The Morgan fingerprint density at radius 3 is 1.65 bits per heavy atom. The number of ketones is 2. The number of Topliss-reactive ketones (excluding diaryl/α,β-unsaturated/α-hetero) is 2. The quantitative estimate of drug-likeness (QED) is 0.177. The van der Waals surface area contributed by atoms with Crippen LogP contribution < -0.4 is 0 Å². The zero-order chi connectivity index (χ0) is 29.1. The average molecular weight is 623 g/mol. The van der Waals surface area contributed by atoms with Gasteiger partial charge in [0.05, 0.1) is 36.8 Å². The van der Waals surface area contributed by atoms with E-state index >= 15 is 0 Å². The Balaban J connectivity index is 1.35. The number of rotatable bonds is 9. The summed E-state index contributed by atoms with van der Waals surface area (Å²) in [6.45, 7) is -2.03. The molecule has 0 fully saturated rings. The number of imide groups is 1. The number of fused-ring (bicyclic) bond motifs is 1. The molecule has 0 N–H and O–H groups in total. The van der Waals surface area contributed by atoms with E-state index in [1.807, 2.05) is 0 Å². The minimum atomic E-state index is -1.01. The molecule has 9 nitrogen and oxygen atoms in total. The Bertz CT molecular complexity index is 1600.